The fourth-order valence-corrected chi connectivity index (χ4v) is 2.51. The Hall–Kier alpha value is -2.19. The molecule has 1 aromatic heterocycles. The number of nitriles is 1. The van der Waals surface area contributed by atoms with Gasteiger partial charge in [0.1, 0.15) is 11.6 Å². The Morgan fingerprint density at radius 2 is 2.18 bits per heavy atom. The number of ether oxygens (including phenoxy) is 2. The molecule has 2 aromatic rings. The van der Waals surface area contributed by atoms with Crippen LogP contribution in [0.2, 0.25) is 0 Å². The fraction of sp³-hybridized carbons (Fsp3) is 0.412. The predicted octanol–water partition coefficient (Wildman–Crippen LogP) is 3.59. The summed E-state index contributed by atoms with van der Waals surface area (Å²) in [6.07, 6.45) is 2.50. The van der Waals surface area contributed by atoms with Crippen LogP contribution >= 0.6 is 0 Å². The highest BCUT2D eigenvalue weighted by Crippen LogP contribution is 2.49. The molecular weight excluding hydrogens is 283 g/mol. The van der Waals surface area contributed by atoms with Crippen molar-refractivity contribution < 1.29 is 13.9 Å². The third kappa shape index (κ3) is 3.02. The van der Waals surface area contributed by atoms with E-state index in [0.717, 1.165) is 18.5 Å². The van der Waals surface area contributed by atoms with Crippen molar-refractivity contribution in [3.05, 3.63) is 35.8 Å². The SMILES string of the molecule is COCc1cc(OCC2(CC#N)CC2)c2cc(F)ccc2n1. The first-order valence-electron chi connectivity index (χ1n) is 7.24. The van der Waals surface area contributed by atoms with E-state index >= 15 is 0 Å². The van der Waals surface area contributed by atoms with Gasteiger partial charge in [0, 0.05) is 30.4 Å². The summed E-state index contributed by atoms with van der Waals surface area (Å²) in [6.45, 7) is 0.843. The van der Waals surface area contributed by atoms with Gasteiger partial charge in [-0.1, -0.05) is 0 Å². The van der Waals surface area contributed by atoms with Crippen molar-refractivity contribution in [3.8, 4) is 11.8 Å². The van der Waals surface area contributed by atoms with Crippen molar-refractivity contribution >= 4 is 10.9 Å². The molecule has 0 atom stereocenters. The molecule has 0 bridgehead atoms. The number of benzene rings is 1. The molecule has 0 radical (unpaired) electrons. The number of fused-ring (bicyclic) bond motifs is 1. The normalized spacial score (nSPS) is 15.5. The number of hydrogen-bond acceptors (Lipinski definition) is 4. The van der Waals surface area contributed by atoms with Crippen LogP contribution in [0.5, 0.6) is 5.75 Å². The molecule has 22 heavy (non-hydrogen) atoms. The largest absolute Gasteiger partial charge is 0.492 e. The molecule has 5 heteroatoms. The first kappa shape index (κ1) is 14.7. The minimum absolute atomic E-state index is 0.0287. The highest BCUT2D eigenvalue weighted by molar-refractivity contribution is 5.85. The number of nitrogens with zero attached hydrogens (tertiary/aromatic N) is 2. The Morgan fingerprint density at radius 1 is 1.36 bits per heavy atom. The van der Waals surface area contributed by atoms with Gasteiger partial charge in [-0.05, 0) is 31.0 Å². The van der Waals surface area contributed by atoms with Gasteiger partial charge in [-0.2, -0.15) is 5.26 Å². The number of hydrogen-bond donors (Lipinski definition) is 0. The third-order valence-electron chi connectivity index (χ3n) is 4.02. The van der Waals surface area contributed by atoms with Crippen LogP contribution in [0.3, 0.4) is 0 Å². The van der Waals surface area contributed by atoms with Crippen LogP contribution < -0.4 is 4.74 Å². The quantitative estimate of drug-likeness (QED) is 0.818. The molecule has 1 heterocycles. The lowest BCUT2D eigenvalue weighted by Gasteiger charge is -2.15. The number of pyridine rings is 1. The van der Waals surface area contributed by atoms with E-state index in [1.165, 1.54) is 12.1 Å². The molecule has 114 valence electrons. The van der Waals surface area contributed by atoms with Gasteiger partial charge in [0.05, 0.1) is 30.5 Å². The van der Waals surface area contributed by atoms with E-state index in [-0.39, 0.29) is 11.2 Å². The second-order valence-electron chi connectivity index (χ2n) is 5.83. The van der Waals surface area contributed by atoms with Gasteiger partial charge < -0.3 is 9.47 Å². The maximum Gasteiger partial charge on any atom is 0.130 e. The molecule has 0 amide bonds. The third-order valence-corrected chi connectivity index (χ3v) is 4.02. The molecule has 0 aliphatic heterocycles. The average Bonchev–Trinajstić information content (AvgIpc) is 3.26. The highest BCUT2D eigenvalue weighted by atomic mass is 19.1. The second-order valence-corrected chi connectivity index (χ2v) is 5.83. The van der Waals surface area contributed by atoms with Gasteiger partial charge in [0.15, 0.2) is 0 Å². The molecule has 1 saturated carbocycles. The zero-order valence-corrected chi connectivity index (χ0v) is 12.4. The van der Waals surface area contributed by atoms with Crippen LogP contribution in [0.1, 0.15) is 25.0 Å². The van der Waals surface area contributed by atoms with Gasteiger partial charge in [-0.25, -0.2) is 4.39 Å². The van der Waals surface area contributed by atoms with Gasteiger partial charge in [-0.15, -0.1) is 0 Å². The van der Waals surface area contributed by atoms with Crippen LogP contribution in [0.25, 0.3) is 10.9 Å². The Balaban J connectivity index is 1.92. The molecule has 0 spiro atoms. The smallest absolute Gasteiger partial charge is 0.130 e. The number of methoxy groups -OCH3 is 1. The zero-order valence-electron chi connectivity index (χ0n) is 12.4. The lowest BCUT2D eigenvalue weighted by molar-refractivity contribution is 0.181. The van der Waals surface area contributed by atoms with Gasteiger partial charge in [0.2, 0.25) is 0 Å². The summed E-state index contributed by atoms with van der Waals surface area (Å²) in [5.41, 5.74) is 1.39. The van der Waals surface area contributed by atoms with Crippen molar-refractivity contribution in [2.75, 3.05) is 13.7 Å². The minimum Gasteiger partial charge on any atom is -0.492 e. The van der Waals surface area contributed by atoms with Crippen molar-refractivity contribution in [2.45, 2.75) is 25.9 Å². The van der Waals surface area contributed by atoms with E-state index in [1.807, 2.05) is 0 Å². The van der Waals surface area contributed by atoms with Crippen molar-refractivity contribution in [1.82, 2.24) is 4.98 Å². The predicted molar refractivity (Wildman–Crippen MR) is 79.8 cm³/mol. The van der Waals surface area contributed by atoms with E-state index in [2.05, 4.69) is 11.1 Å². The van der Waals surface area contributed by atoms with E-state index in [1.54, 1.807) is 19.2 Å². The summed E-state index contributed by atoms with van der Waals surface area (Å²) in [4.78, 5) is 4.44. The topological polar surface area (TPSA) is 55.1 Å². The molecule has 1 fully saturated rings. The molecule has 1 aliphatic carbocycles. The first-order chi connectivity index (χ1) is 10.7. The lowest BCUT2D eigenvalue weighted by atomic mass is 10.1. The standard InChI is InChI=1S/C17H17FN2O2/c1-21-10-13-9-16(22-11-17(4-5-17)6-7-19)14-8-12(18)2-3-15(14)20-13/h2-3,8-9H,4-6,10-11H2,1H3. The summed E-state index contributed by atoms with van der Waals surface area (Å²) >= 11 is 0. The summed E-state index contributed by atoms with van der Waals surface area (Å²) in [7, 11) is 1.60. The molecule has 1 aliphatic rings. The Morgan fingerprint density at radius 3 is 2.86 bits per heavy atom. The van der Waals surface area contributed by atoms with Crippen LogP contribution in [0.4, 0.5) is 4.39 Å². The van der Waals surface area contributed by atoms with E-state index < -0.39 is 0 Å². The second kappa shape index (κ2) is 5.90. The molecule has 3 rings (SSSR count). The summed E-state index contributed by atoms with van der Waals surface area (Å²) in [5.74, 6) is 0.276. The summed E-state index contributed by atoms with van der Waals surface area (Å²) < 4.78 is 24.6. The van der Waals surface area contributed by atoms with E-state index in [9.17, 15) is 4.39 Å². The van der Waals surface area contributed by atoms with Gasteiger partial charge in [0.25, 0.3) is 0 Å². The van der Waals surface area contributed by atoms with E-state index in [0.29, 0.717) is 36.3 Å². The summed E-state index contributed by atoms with van der Waals surface area (Å²) in [6, 6.07) is 8.45. The molecule has 4 nitrogen and oxygen atoms in total. The zero-order chi connectivity index (χ0) is 15.6. The first-order valence-corrected chi connectivity index (χ1v) is 7.24. The number of halogens is 1. The monoisotopic (exact) mass is 300 g/mol. The van der Waals surface area contributed by atoms with Crippen molar-refractivity contribution in [1.29, 1.82) is 5.26 Å². The van der Waals surface area contributed by atoms with Gasteiger partial charge in [-0.3, -0.25) is 4.98 Å². The molecule has 0 N–H and O–H groups in total. The minimum atomic E-state index is -0.322. The lowest BCUT2D eigenvalue weighted by Crippen LogP contribution is -2.13. The number of aromatic nitrogens is 1. The van der Waals surface area contributed by atoms with Crippen molar-refractivity contribution in [3.63, 3.8) is 0 Å². The molecule has 1 aromatic carbocycles. The van der Waals surface area contributed by atoms with E-state index in [4.69, 9.17) is 14.7 Å². The van der Waals surface area contributed by atoms with Crippen molar-refractivity contribution in [2.24, 2.45) is 5.41 Å². The number of rotatable bonds is 6. The highest BCUT2D eigenvalue weighted by Gasteiger charge is 2.43. The Kier molecular flexibility index (Phi) is 3.95. The molecular formula is C17H17FN2O2. The Labute approximate surface area is 128 Å². The maximum atomic E-state index is 13.5. The maximum absolute atomic E-state index is 13.5. The summed E-state index contributed by atoms with van der Waals surface area (Å²) in [5, 5.41) is 9.53. The van der Waals surface area contributed by atoms with Crippen LogP contribution in [0, 0.1) is 22.6 Å². The van der Waals surface area contributed by atoms with Crippen LogP contribution in [0.15, 0.2) is 24.3 Å². The molecule has 0 unspecified atom stereocenters. The Bertz CT molecular complexity index is 735. The molecule has 0 saturated heterocycles. The fourth-order valence-electron chi connectivity index (χ4n) is 2.51. The van der Waals surface area contributed by atoms with Crippen LogP contribution in [-0.4, -0.2) is 18.7 Å². The average molecular weight is 300 g/mol. The van der Waals surface area contributed by atoms with Crippen LogP contribution in [-0.2, 0) is 11.3 Å². The van der Waals surface area contributed by atoms with Gasteiger partial charge >= 0.3 is 0 Å².